The highest BCUT2D eigenvalue weighted by Crippen LogP contribution is 2.42. The summed E-state index contributed by atoms with van der Waals surface area (Å²) in [6.45, 7) is 2.34. The minimum atomic E-state index is -0.766. The first kappa shape index (κ1) is 18.9. The fourth-order valence-electron chi connectivity index (χ4n) is 3.37. The summed E-state index contributed by atoms with van der Waals surface area (Å²) >= 11 is 1.26. The van der Waals surface area contributed by atoms with Gasteiger partial charge in [0.15, 0.2) is 5.13 Å². The quantitative estimate of drug-likeness (QED) is 0.391. The molecule has 1 aliphatic heterocycles. The van der Waals surface area contributed by atoms with E-state index < -0.39 is 17.7 Å². The third-order valence-electron chi connectivity index (χ3n) is 4.60. The van der Waals surface area contributed by atoms with Gasteiger partial charge in [-0.05, 0) is 24.6 Å². The molecule has 29 heavy (non-hydrogen) atoms. The summed E-state index contributed by atoms with van der Waals surface area (Å²) in [7, 11) is 0. The second-order valence-electron chi connectivity index (χ2n) is 6.36. The zero-order chi connectivity index (χ0) is 20.4. The minimum absolute atomic E-state index is 0.0325. The topological polar surface area (TPSA) is 79.7 Å². The highest BCUT2D eigenvalue weighted by Gasteiger charge is 2.47. The van der Waals surface area contributed by atoms with Gasteiger partial charge in [-0.2, -0.15) is 0 Å². The Balaban J connectivity index is 1.90. The van der Waals surface area contributed by atoms with Crippen LogP contribution in [0.15, 0.2) is 71.7 Å². The largest absolute Gasteiger partial charge is 0.507 e. The first-order chi connectivity index (χ1) is 14.1. The number of rotatable bonds is 5. The van der Waals surface area contributed by atoms with Crippen LogP contribution in [-0.2, 0) is 9.59 Å². The van der Waals surface area contributed by atoms with Gasteiger partial charge in [0.1, 0.15) is 11.5 Å². The molecule has 1 saturated heterocycles. The molecule has 1 unspecified atom stereocenters. The summed E-state index contributed by atoms with van der Waals surface area (Å²) in [5, 5.41) is 13.2. The summed E-state index contributed by atoms with van der Waals surface area (Å²) < 4.78 is 5.49. The average Bonchev–Trinajstić information content (AvgIpc) is 3.36. The maximum atomic E-state index is 13.0. The first-order valence-corrected chi connectivity index (χ1v) is 9.98. The Kier molecular flexibility index (Phi) is 5.14. The van der Waals surface area contributed by atoms with Crippen LogP contribution >= 0.6 is 11.3 Å². The number of benzene rings is 2. The summed E-state index contributed by atoms with van der Waals surface area (Å²) in [6, 6.07) is 15.2. The van der Waals surface area contributed by atoms with Gasteiger partial charge in [0.05, 0.1) is 18.2 Å². The number of hydrogen-bond donors (Lipinski definition) is 1. The molecule has 1 N–H and O–H groups in total. The number of Topliss-reactive ketones (excluding diaryl/α,β-unsaturated/α-hetero) is 1. The molecule has 0 aliphatic carbocycles. The van der Waals surface area contributed by atoms with Crippen LogP contribution in [0.4, 0.5) is 5.13 Å². The standard InChI is InChI=1S/C22H18N2O4S/c1-2-28-16-10-6-9-15(13-16)19(25)17-18(14-7-4-3-5-8-14)24(21(27)20(17)26)22-23-11-12-29-22/h3-13,18,25H,2H2,1H3. The second kappa shape index (κ2) is 7.89. The molecule has 2 aromatic carbocycles. The van der Waals surface area contributed by atoms with Gasteiger partial charge in [-0.15, -0.1) is 11.3 Å². The van der Waals surface area contributed by atoms with Crippen molar-refractivity contribution in [2.75, 3.05) is 11.5 Å². The van der Waals surface area contributed by atoms with Crippen molar-refractivity contribution in [3.05, 3.63) is 82.9 Å². The summed E-state index contributed by atoms with van der Waals surface area (Å²) in [5.41, 5.74) is 1.16. The molecule has 0 radical (unpaired) electrons. The van der Waals surface area contributed by atoms with Gasteiger partial charge >= 0.3 is 5.91 Å². The van der Waals surface area contributed by atoms with Gasteiger partial charge in [0.2, 0.25) is 0 Å². The van der Waals surface area contributed by atoms with Crippen molar-refractivity contribution < 1.29 is 19.4 Å². The first-order valence-electron chi connectivity index (χ1n) is 9.10. The summed E-state index contributed by atoms with van der Waals surface area (Å²) in [5.74, 6) is -1.12. The van der Waals surface area contributed by atoms with Crippen LogP contribution in [0.3, 0.4) is 0 Å². The number of carbonyl (C=O) groups is 2. The van der Waals surface area contributed by atoms with Crippen molar-refractivity contribution in [3.63, 3.8) is 0 Å². The molecule has 1 aliphatic rings. The van der Waals surface area contributed by atoms with E-state index in [0.717, 1.165) is 0 Å². The van der Waals surface area contributed by atoms with Crippen molar-refractivity contribution >= 4 is 33.9 Å². The lowest BCUT2D eigenvalue weighted by Crippen LogP contribution is -2.29. The molecule has 3 aromatic rings. The zero-order valence-electron chi connectivity index (χ0n) is 15.6. The minimum Gasteiger partial charge on any atom is -0.507 e. The van der Waals surface area contributed by atoms with E-state index in [-0.39, 0.29) is 11.3 Å². The third kappa shape index (κ3) is 3.40. The van der Waals surface area contributed by atoms with Crippen molar-refractivity contribution in [3.8, 4) is 5.75 Å². The van der Waals surface area contributed by atoms with Crippen molar-refractivity contribution in [1.82, 2.24) is 4.98 Å². The molecule has 1 fully saturated rings. The van der Waals surface area contributed by atoms with E-state index >= 15 is 0 Å². The lowest BCUT2D eigenvalue weighted by atomic mass is 9.95. The lowest BCUT2D eigenvalue weighted by Gasteiger charge is -2.22. The van der Waals surface area contributed by atoms with Gasteiger partial charge in [0.25, 0.3) is 5.78 Å². The number of ether oxygens (including phenoxy) is 1. The predicted molar refractivity (Wildman–Crippen MR) is 111 cm³/mol. The molecule has 6 nitrogen and oxygen atoms in total. The van der Waals surface area contributed by atoms with Crippen LogP contribution < -0.4 is 9.64 Å². The highest BCUT2D eigenvalue weighted by molar-refractivity contribution is 7.14. The molecule has 0 saturated carbocycles. The predicted octanol–water partition coefficient (Wildman–Crippen LogP) is 4.17. The number of anilines is 1. The van der Waals surface area contributed by atoms with E-state index in [9.17, 15) is 14.7 Å². The number of carbonyl (C=O) groups excluding carboxylic acids is 2. The fraction of sp³-hybridized carbons (Fsp3) is 0.136. The molecular formula is C22H18N2O4S. The van der Waals surface area contributed by atoms with E-state index in [1.807, 2.05) is 37.3 Å². The smallest absolute Gasteiger partial charge is 0.301 e. The molecule has 4 rings (SSSR count). The van der Waals surface area contributed by atoms with Gasteiger partial charge in [-0.3, -0.25) is 14.5 Å². The van der Waals surface area contributed by atoms with Gasteiger partial charge in [0, 0.05) is 17.1 Å². The normalized spacial score (nSPS) is 18.2. The number of thiazole rings is 1. The maximum absolute atomic E-state index is 13.0. The van der Waals surface area contributed by atoms with E-state index in [1.165, 1.54) is 16.2 Å². The molecular weight excluding hydrogens is 388 g/mol. The molecule has 7 heteroatoms. The zero-order valence-corrected chi connectivity index (χ0v) is 16.4. The SMILES string of the molecule is CCOc1cccc(C(O)=C2C(=O)C(=O)N(c3nccs3)C2c2ccccc2)c1. The monoisotopic (exact) mass is 406 g/mol. The van der Waals surface area contributed by atoms with Crippen molar-refractivity contribution in [1.29, 1.82) is 0 Å². The van der Waals surface area contributed by atoms with E-state index in [2.05, 4.69) is 4.98 Å². The summed E-state index contributed by atoms with van der Waals surface area (Å²) in [4.78, 5) is 31.4. The number of hydrogen-bond acceptors (Lipinski definition) is 6. The molecule has 1 amide bonds. The fourth-order valence-corrected chi connectivity index (χ4v) is 4.04. The van der Waals surface area contributed by atoms with Crippen LogP contribution in [0.1, 0.15) is 24.1 Å². The third-order valence-corrected chi connectivity index (χ3v) is 5.37. The molecule has 146 valence electrons. The van der Waals surface area contributed by atoms with E-state index in [0.29, 0.717) is 28.6 Å². The Hall–Kier alpha value is -3.45. The van der Waals surface area contributed by atoms with Gasteiger partial charge in [-0.25, -0.2) is 4.98 Å². The number of aliphatic hydroxyl groups is 1. The molecule has 2 heterocycles. The van der Waals surface area contributed by atoms with Gasteiger partial charge in [-0.1, -0.05) is 42.5 Å². The van der Waals surface area contributed by atoms with E-state index in [4.69, 9.17) is 4.74 Å². The second-order valence-corrected chi connectivity index (χ2v) is 7.23. The van der Waals surface area contributed by atoms with Crippen LogP contribution in [-0.4, -0.2) is 28.4 Å². The molecule has 1 atom stereocenters. The van der Waals surface area contributed by atoms with Crippen LogP contribution in [0.25, 0.3) is 5.76 Å². The van der Waals surface area contributed by atoms with E-state index in [1.54, 1.807) is 35.8 Å². The maximum Gasteiger partial charge on any atom is 0.301 e. The number of nitrogens with zero attached hydrogens (tertiary/aromatic N) is 2. The van der Waals surface area contributed by atoms with Crippen molar-refractivity contribution in [2.45, 2.75) is 13.0 Å². The number of aliphatic hydroxyl groups excluding tert-OH is 1. The van der Waals surface area contributed by atoms with Crippen LogP contribution in [0.2, 0.25) is 0 Å². The molecule has 0 spiro atoms. The Morgan fingerprint density at radius 1 is 1.17 bits per heavy atom. The molecule has 1 aromatic heterocycles. The van der Waals surface area contributed by atoms with Crippen molar-refractivity contribution in [2.24, 2.45) is 0 Å². The lowest BCUT2D eigenvalue weighted by molar-refractivity contribution is -0.132. The Morgan fingerprint density at radius 3 is 2.66 bits per heavy atom. The number of amides is 1. The molecule has 0 bridgehead atoms. The van der Waals surface area contributed by atoms with Crippen LogP contribution in [0, 0.1) is 0 Å². The highest BCUT2D eigenvalue weighted by atomic mass is 32.1. The Morgan fingerprint density at radius 2 is 1.97 bits per heavy atom. The number of ketones is 1. The average molecular weight is 406 g/mol. The van der Waals surface area contributed by atoms with Crippen LogP contribution in [0.5, 0.6) is 5.75 Å². The number of aromatic nitrogens is 1. The van der Waals surface area contributed by atoms with Gasteiger partial charge < -0.3 is 9.84 Å². The summed E-state index contributed by atoms with van der Waals surface area (Å²) in [6.07, 6.45) is 1.58. The Bertz CT molecular complexity index is 1080. The Labute approximate surface area is 171 Å².